The molecular weight excluding hydrogens is 180 g/mol. The first-order valence-corrected chi connectivity index (χ1v) is 5.19. The van der Waals surface area contributed by atoms with E-state index in [9.17, 15) is 9.90 Å². The zero-order chi connectivity index (χ0) is 10.6. The lowest BCUT2D eigenvalue weighted by Crippen LogP contribution is -2.36. The van der Waals surface area contributed by atoms with Crippen LogP contribution in [-0.2, 0) is 4.79 Å². The van der Waals surface area contributed by atoms with Crippen LogP contribution in [0.4, 0.5) is 0 Å². The quantitative estimate of drug-likeness (QED) is 0.658. The van der Waals surface area contributed by atoms with Gasteiger partial charge in [-0.25, -0.2) is 0 Å². The van der Waals surface area contributed by atoms with Crippen molar-refractivity contribution >= 4 is 5.91 Å². The third kappa shape index (κ3) is 3.64. The maximum atomic E-state index is 11.1. The van der Waals surface area contributed by atoms with Crippen LogP contribution in [0, 0.1) is 0 Å². The lowest BCUT2D eigenvalue weighted by Gasteiger charge is -2.21. The zero-order valence-electron chi connectivity index (χ0n) is 9.05. The number of carbonyl (C=O) groups is 1. The summed E-state index contributed by atoms with van der Waals surface area (Å²) in [6.07, 6.45) is 2.55. The van der Waals surface area contributed by atoms with Gasteiger partial charge in [0.25, 0.3) is 0 Å². The highest BCUT2D eigenvalue weighted by atomic mass is 16.3. The molecule has 1 aliphatic rings. The van der Waals surface area contributed by atoms with Gasteiger partial charge in [0, 0.05) is 13.6 Å². The fourth-order valence-corrected chi connectivity index (χ4v) is 1.76. The summed E-state index contributed by atoms with van der Waals surface area (Å²) >= 11 is 0. The van der Waals surface area contributed by atoms with Gasteiger partial charge in [-0.2, -0.15) is 0 Å². The van der Waals surface area contributed by atoms with Crippen LogP contribution in [-0.4, -0.2) is 48.2 Å². The van der Waals surface area contributed by atoms with E-state index in [4.69, 9.17) is 0 Å². The summed E-state index contributed by atoms with van der Waals surface area (Å²) in [5.41, 5.74) is -0.544. The van der Waals surface area contributed by atoms with Crippen LogP contribution < -0.4 is 5.32 Å². The predicted octanol–water partition coefficient (Wildman–Crippen LogP) is -0.0307. The maximum Gasteiger partial charge on any atom is 0.233 e. The number of aliphatic hydroxyl groups is 1. The molecule has 0 radical (unpaired) electrons. The number of hydrogen-bond donors (Lipinski definition) is 2. The Balaban J connectivity index is 2.38. The molecule has 0 saturated carbocycles. The molecule has 1 fully saturated rings. The Bertz CT molecular complexity index is 204. The number of nitrogens with zero attached hydrogens (tertiary/aromatic N) is 1. The smallest absolute Gasteiger partial charge is 0.233 e. The Labute approximate surface area is 85.3 Å². The van der Waals surface area contributed by atoms with E-state index in [1.165, 1.54) is 0 Å². The Morgan fingerprint density at radius 2 is 2.21 bits per heavy atom. The molecule has 82 valence electrons. The molecule has 2 N–H and O–H groups in total. The lowest BCUT2D eigenvalue weighted by atomic mass is 9.98. The van der Waals surface area contributed by atoms with E-state index in [1.54, 1.807) is 7.05 Å². The van der Waals surface area contributed by atoms with Gasteiger partial charge in [0.05, 0.1) is 12.1 Å². The van der Waals surface area contributed by atoms with Crippen molar-refractivity contribution in [2.45, 2.75) is 31.8 Å². The number of rotatable bonds is 2. The van der Waals surface area contributed by atoms with Crippen molar-refractivity contribution in [2.24, 2.45) is 0 Å². The Hall–Kier alpha value is -0.610. The van der Waals surface area contributed by atoms with Crippen molar-refractivity contribution in [3.05, 3.63) is 0 Å². The molecule has 1 heterocycles. The molecule has 4 heteroatoms. The Kier molecular flexibility index (Phi) is 3.89. The van der Waals surface area contributed by atoms with E-state index in [0.717, 1.165) is 32.4 Å². The van der Waals surface area contributed by atoms with Crippen LogP contribution in [0.2, 0.25) is 0 Å². The van der Waals surface area contributed by atoms with Gasteiger partial charge in [0.1, 0.15) is 0 Å². The fourth-order valence-electron chi connectivity index (χ4n) is 1.76. The first kappa shape index (κ1) is 11.5. The number of likely N-dealkylation sites (tertiary alicyclic amines) is 1. The molecule has 0 aromatic heterocycles. The monoisotopic (exact) mass is 200 g/mol. The van der Waals surface area contributed by atoms with Crippen molar-refractivity contribution in [3.8, 4) is 0 Å². The molecule has 0 spiro atoms. The molecular formula is C10H20N2O2. The molecule has 1 unspecified atom stereocenters. The zero-order valence-corrected chi connectivity index (χ0v) is 9.05. The van der Waals surface area contributed by atoms with Crippen molar-refractivity contribution in [1.82, 2.24) is 10.2 Å². The summed E-state index contributed by atoms with van der Waals surface area (Å²) in [5.74, 6) is 0.0477. The predicted molar refractivity (Wildman–Crippen MR) is 55.0 cm³/mol. The number of hydrogen-bond acceptors (Lipinski definition) is 3. The van der Waals surface area contributed by atoms with Crippen LogP contribution in [0.3, 0.4) is 0 Å². The number of carbonyl (C=O) groups excluding carboxylic acids is 1. The van der Waals surface area contributed by atoms with E-state index in [1.807, 2.05) is 6.92 Å². The van der Waals surface area contributed by atoms with E-state index in [0.29, 0.717) is 6.54 Å². The van der Waals surface area contributed by atoms with Gasteiger partial charge in [-0.1, -0.05) is 0 Å². The van der Waals surface area contributed by atoms with Gasteiger partial charge in [0.15, 0.2) is 0 Å². The summed E-state index contributed by atoms with van der Waals surface area (Å²) in [6, 6.07) is 0. The molecule has 0 aromatic rings. The molecule has 1 aliphatic heterocycles. The first-order valence-electron chi connectivity index (χ1n) is 5.19. The average Bonchev–Trinajstić information content (AvgIpc) is 2.28. The summed E-state index contributed by atoms with van der Waals surface area (Å²) in [4.78, 5) is 13.2. The van der Waals surface area contributed by atoms with E-state index >= 15 is 0 Å². The second kappa shape index (κ2) is 4.75. The highest BCUT2D eigenvalue weighted by Crippen LogP contribution is 2.20. The standard InChI is InChI=1S/C10H20N2O2/c1-10(14)4-3-6-12(7-5-10)8-9(13)11-2/h14H,3-8H2,1-2H3,(H,11,13). The number of likely N-dealkylation sites (N-methyl/N-ethyl adjacent to an activating group) is 1. The third-order valence-electron chi connectivity index (χ3n) is 2.80. The van der Waals surface area contributed by atoms with E-state index in [2.05, 4.69) is 10.2 Å². The highest BCUT2D eigenvalue weighted by Gasteiger charge is 2.25. The van der Waals surface area contributed by atoms with Crippen molar-refractivity contribution in [2.75, 3.05) is 26.7 Å². The first-order chi connectivity index (χ1) is 6.53. The molecule has 4 nitrogen and oxygen atoms in total. The van der Waals surface area contributed by atoms with E-state index in [-0.39, 0.29) is 5.91 Å². The topological polar surface area (TPSA) is 52.6 Å². The van der Waals surface area contributed by atoms with Crippen LogP contribution >= 0.6 is 0 Å². The third-order valence-corrected chi connectivity index (χ3v) is 2.80. The van der Waals surface area contributed by atoms with Crippen molar-refractivity contribution < 1.29 is 9.90 Å². The number of nitrogens with one attached hydrogen (secondary N) is 1. The van der Waals surface area contributed by atoms with E-state index < -0.39 is 5.60 Å². The molecule has 1 atom stereocenters. The molecule has 1 saturated heterocycles. The average molecular weight is 200 g/mol. The van der Waals surface area contributed by atoms with Gasteiger partial charge >= 0.3 is 0 Å². The minimum absolute atomic E-state index is 0.0477. The minimum atomic E-state index is -0.544. The van der Waals surface area contributed by atoms with Crippen LogP contribution in [0.5, 0.6) is 0 Å². The second-order valence-electron chi connectivity index (χ2n) is 4.30. The molecule has 1 amide bonds. The SMILES string of the molecule is CNC(=O)CN1CCCC(C)(O)CC1. The highest BCUT2D eigenvalue weighted by molar-refractivity contribution is 5.77. The van der Waals surface area contributed by atoms with Gasteiger partial charge in [-0.15, -0.1) is 0 Å². The van der Waals surface area contributed by atoms with Crippen LogP contribution in [0.25, 0.3) is 0 Å². The Morgan fingerprint density at radius 3 is 2.86 bits per heavy atom. The summed E-state index contributed by atoms with van der Waals surface area (Å²) in [6.45, 7) is 4.03. The second-order valence-corrected chi connectivity index (χ2v) is 4.30. The number of amides is 1. The summed E-state index contributed by atoms with van der Waals surface area (Å²) < 4.78 is 0. The summed E-state index contributed by atoms with van der Waals surface area (Å²) in [5, 5.41) is 12.4. The minimum Gasteiger partial charge on any atom is -0.390 e. The maximum absolute atomic E-state index is 11.1. The molecule has 1 rings (SSSR count). The largest absolute Gasteiger partial charge is 0.390 e. The van der Waals surface area contributed by atoms with Gasteiger partial charge in [0.2, 0.25) is 5.91 Å². The van der Waals surface area contributed by atoms with Gasteiger partial charge in [-0.05, 0) is 32.7 Å². The van der Waals surface area contributed by atoms with Gasteiger partial charge < -0.3 is 10.4 Å². The summed E-state index contributed by atoms with van der Waals surface area (Å²) in [7, 11) is 1.65. The lowest BCUT2D eigenvalue weighted by molar-refractivity contribution is -0.121. The molecule has 14 heavy (non-hydrogen) atoms. The van der Waals surface area contributed by atoms with Gasteiger partial charge in [-0.3, -0.25) is 9.69 Å². The van der Waals surface area contributed by atoms with Crippen molar-refractivity contribution in [1.29, 1.82) is 0 Å². The fraction of sp³-hybridized carbons (Fsp3) is 0.900. The molecule has 0 aliphatic carbocycles. The Morgan fingerprint density at radius 1 is 1.50 bits per heavy atom. The van der Waals surface area contributed by atoms with Crippen molar-refractivity contribution in [3.63, 3.8) is 0 Å². The molecule has 0 aromatic carbocycles. The molecule has 0 bridgehead atoms. The normalized spacial score (nSPS) is 29.6. The van der Waals surface area contributed by atoms with Crippen LogP contribution in [0.15, 0.2) is 0 Å². The van der Waals surface area contributed by atoms with Crippen LogP contribution in [0.1, 0.15) is 26.2 Å².